The average molecular weight is 472 g/mol. The van der Waals surface area contributed by atoms with Gasteiger partial charge in [0.05, 0.1) is 6.04 Å². The second kappa shape index (κ2) is 9.61. The Bertz CT molecular complexity index is 1290. The van der Waals surface area contributed by atoms with Gasteiger partial charge in [0.2, 0.25) is 11.1 Å². The Morgan fingerprint density at radius 1 is 1.00 bits per heavy atom. The van der Waals surface area contributed by atoms with Gasteiger partial charge in [-0.05, 0) is 54.8 Å². The molecule has 0 saturated heterocycles. The van der Waals surface area contributed by atoms with Crippen LogP contribution in [0.4, 0.5) is 5.69 Å². The van der Waals surface area contributed by atoms with Gasteiger partial charge in [-0.15, -0.1) is 10.2 Å². The number of thioether (sulfide) groups is 1. The minimum Gasteiger partial charge on any atom is -0.486 e. The summed E-state index contributed by atoms with van der Waals surface area (Å²) in [6, 6.07) is 25.2. The van der Waals surface area contributed by atoms with Gasteiger partial charge in [0.1, 0.15) is 17.6 Å². The lowest BCUT2D eigenvalue weighted by Gasteiger charge is -2.33. The van der Waals surface area contributed by atoms with Crippen LogP contribution >= 0.6 is 11.8 Å². The second-order valence-electron chi connectivity index (χ2n) is 8.18. The Morgan fingerprint density at radius 2 is 1.74 bits per heavy atom. The summed E-state index contributed by atoms with van der Waals surface area (Å²) in [5, 5.41) is 11.9. The molecule has 0 saturated carbocycles. The first kappa shape index (κ1) is 22.0. The molecule has 0 bridgehead atoms. The van der Waals surface area contributed by atoms with Gasteiger partial charge < -0.3 is 15.5 Å². The summed E-state index contributed by atoms with van der Waals surface area (Å²) in [6.07, 6.45) is 0. The number of rotatable bonds is 6. The minimum absolute atomic E-state index is 0.0917. The van der Waals surface area contributed by atoms with E-state index in [1.165, 1.54) is 17.3 Å². The Hall–Kier alpha value is -3.78. The van der Waals surface area contributed by atoms with Crippen LogP contribution in [0.25, 0.3) is 0 Å². The third-order valence-electron chi connectivity index (χ3n) is 5.81. The fourth-order valence-corrected chi connectivity index (χ4v) is 4.90. The number of nitrogens with one attached hydrogen (secondary N) is 2. The molecular weight excluding hydrogens is 446 g/mol. The smallest absolute Gasteiger partial charge is 0.240 e. The first-order chi connectivity index (χ1) is 16.6. The summed E-state index contributed by atoms with van der Waals surface area (Å²) >= 11 is 1.40. The number of benzene rings is 3. The van der Waals surface area contributed by atoms with Crippen LogP contribution in [-0.4, -0.2) is 26.0 Å². The number of aromatic nitrogens is 3. The number of amides is 1. The predicted octanol–water partition coefficient (Wildman–Crippen LogP) is 4.87. The fraction of sp³-hybridized carbons (Fsp3) is 0.192. The molecule has 3 aromatic carbocycles. The molecule has 2 atom stereocenters. The second-order valence-corrected chi connectivity index (χ2v) is 9.29. The van der Waals surface area contributed by atoms with Gasteiger partial charge in [-0.25, -0.2) is 4.68 Å². The van der Waals surface area contributed by atoms with Crippen molar-refractivity contribution in [3.05, 3.63) is 101 Å². The molecule has 8 heteroatoms. The van der Waals surface area contributed by atoms with Crippen molar-refractivity contribution < 1.29 is 9.53 Å². The summed E-state index contributed by atoms with van der Waals surface area (Å²) < 4.78 is 7.70. The van der Waals surface area contributed by atoms with E-state index >= 15 is 0 Å². The minimum atomic E-state index is -0.441. The lowest BCUT2D eigenvalue weighted by atomic mass is 10.0. The zero-order chi connectivity index (χ0) is 23.5. The monoisotopic (exact) mass is 471 g/mol. The molecule has 2 heterocycles. The van der Waals surface area contributed by atoms with E-state index < -0.39 is 5.25 Å². The number of aryl methyl sites for hydroxylation is 2. The van der Waals surface area contributed by atoms with Crippen molar-refractivity contribution in [2.24, 2.45) is 0 Å². The van der Waals surface area contributed by atoms with Crippen LogP contribution in [-0.2, 0) is 11.4 Å². The highest BCUT2D eigenvalue weighted by atomic mass is 32.2. The molecule has 1 amide bonds. The van der Waals surface area contributed by atoms with Crippen molar-refractivity contribution in [1.82, 2.24) is 14.9 Å². The molecule has 5 rings (SSSR count). The molecule has 2 N–H and O–H groups in total. The average Bonchev–Trinajstić information content (AvgIpc) is 3.27. The maximum atomic E-state index is 13.4. The highest BCUT2D eigenvalue weighted by molar-refractivity contribution is 8.00. The van der Waals surface area contributed by atoms with E-state index in [1.54, 1.807) is 0 Å². The maximum Gasteiger partial charge on any atom is 0.240 e. The van der Waals surface area contributed by atoms with Gasteiger partial charge in [-0.1, -0.05) is 66.4 Å². The van der Waals surface area contributed by atoms with E-state index in [2.05, 4.69) is 27.9 Å². The molecule has 4 aromatic rings. The number of hydrogen-bond acceptors (Lipinski definition) is 6. The molecule has 7 nitrogen and oxygen atoms in total. The first-order valence-corrected chi connectivity index (χ1v) is 11.9. The zero-order valence-electron chi connectivity index (χ0n) is 18.9. The van der Waals surface area contributed by atoms with E-state index in [9.17, 15) is 4.79 Å². The normalized spacial score (nSPS) is 16.9. The van der Waals surface area contributed by atoms with Crippen molar-refractivity contribution in [2.45, 2.75) is 36.9 Å². The van der Waals surface area contributed by atoms with Crippen molar-refractivity contribution in [2.75, 3.05) is 10.7 Å². The van der Waals surface area contributed by atoms with Crippen LogP contribution in [0.15, 0.2) is 84.0 Å². The molecule has 34 heavy (non-hydrogen) atoms. The molecule has 0 radical (unpaired) electrons. The van der Waals surface area contributed by atoms with E-state index in [1.807, 2.05) is 90.5 Å². The quantitative estimate of drug-likeness (QED) is 0.418. The maximum absolute atomic E-state index is 13.4. The number of ether oxygens (including phenoxy) is 1. The number of anilines is 1. The number of fused-ring (bicyclic) bond motifs is 1. The number of carbonyl (C=O) groups is 1. The largest absolute Gasteiger partial charge is 0.486 e. The fourth-order valence-electron chi connectivity index (χ4n) is 3.80. The molecular formula is C26H25N5O2S. The van der Waals surface area contributed by atoms with Crippen LogP contribution < -0.4 is 15.5 Å². The SMILES string of the molecule is Cc1ccc(NC(=O)[C@H]2Sc3nnc(COc4ccccc4)n3N[C@@H]2c2ccccc2)cc1C. The van der Waals surface area contributed by atoms with Gasteiger partial charge in [-0.2, -0.15) is 0 Å². The van der Waals surface area contributed by atoms with Crippen molar-refractivity contribution >= 4 is 23.4 Å². The van der Waals surface area contributed by atoms with E-state index in [0.717, 1.165) is 22.6 Å². The summed E-state index contributed by atoms with van der Waals surface area (Å²) in [5.74, 6) is 1.31. The van der Waals surface area contributed by atoms with Crippen LogP contribution in [0.1, 0.15) is 28.6 Å². The van der Waals surface area contributed by atoms with Gasteiger partial charge in [0, 0.05) is 5.69 Å². The number of nitrogens with zero attached hydrogens (tertiary/aromatic N) is 3. The Balaban J connectivity index is 1.40. The van der Waals surface area contributed by atoms with Crippen molar-refractivity contribution in [3.8, 4) is 5.75 Å². The standard InChI is InChI=1S/C26H25N5O2S/c1-17-13-14-20(15-18(17)2)27-25(32)24-23(19-9-5-3-6-10-19)30-31-22(28-29-26(31)34-24)16-33-21-11-7-4-8-12-21/h3-15,23-24,30H,16H2,1-2H3,(H,27,32)/t23-,24+/m1/s1. The van der Waals surface area contributed by atoms with Gasteiger partial charge in [0.15, 0.2) is 5.82 Å². The van der Waals surface area contributed by atoms with Crippen LogP contribution in [0.3, 0.4) is 0 Å². The van der Waals surface area contributed by atoms with Gasteiger partial charge in [0.25, 0.3) is 0 Å². The Morgan fingerprint density at radius 3 is 2.47 bits per heavy atom. The van der Waals surface area contributed by atoms with Crippen molar-refractivity contribution in [3.63, 3.8) is 0 Å². The molecule has 0 fully saturated rings. The summed E-state index contributed by atoms with van der Waals surface area (Å²) in [7, 11) is 0. The first-order valence-electron chi connectivity index (χ1n) is 11.1. The van der Waals surface area contributed by atoms with Crippen molar-refractivity contribution in [1.29, 1.82) is 0 Å². The summed E-state index contributed by atoms with van der Waals surface area (Å²) in [5.41, 5.74) is 7.57. The molecule has 1 aliphatic rings. The van der Waals surface area contributed by atoms with E-state index in [0.29, 0.717) is 11.0 Å². The lowest BCUT2D eigenvalue weighted by Crippen LogP contribution is -2.41. The van der Waals surface area contributed by atoms with Gasteiger partial charge >= 0.3 is 0 Å². The Kier molecular flexibility index (Phi) is 6.22. The number of para-hydroxylation sites is 1. The van der Waals surface area contributed by atoms with Crippen LogP contribution in [0, 0.1) is 13.8 Å². The molecule has 0 spiro atoms. The molecule has 172 valence electrons. The topological polar surface area (TPSA) is 81.1 Å². The highest BCUT2D eigenvalue weighted by Crippen LogP contribution is 2.37. The Labute approximate surface area is 202 Å². The highest BCUT2D eigenvalue weighted by Gasteiger charge is 2.38. The molecule has 0 unspecified atom stereocenters. The number of hydrogen-bond donors (Lipinski definition) is 2. The third-order valence-corrected chi connectivity index (χ3v) is 7.02. The molecule has 1 aliphatic heterocycles. The molecule has 1 aromatic heterocycles. The summed E-state index contributed by atoms with van der Waals surface area (Å²) in [6.45, 7) is 4.35. The number of carbonyl (C=O) groups excluding carboxylic acids is 1. The predicted molar refractivity (Wildman–Crippen MR) is 134 cm³/mol. The molecule has 0 aliphatic carbocycles. The zero-order valence-corrected chi connectivity index (χ0v) is 19.8. The lowest BCUT2D eigenvalue weighted by molar-refractivity contribution is -0.116. The summed E-state index contributed by atoms with van der Waals surface area (Å²) in [4.78, 5) is 13.4. The van der Waals surface area contributed by atoms with Crippen LogP contribution in [0.5, 0.6) is 5.75 Å². The third kappa shape index (κ3) is 4.63. The van der Waals surface area contributed by atoms with Crippen LogP contribution in [0.2, 0.25) is 0 Å². The van der Waals surface area contributed by atoms with E-state index in [4.69, 9.17) is 4.74 Å². The van der Waals surface area contributed by atoms with Gasteiger partial charge in [-0.3, -0.25) is 4.79 Å². The van der Waals surface area contributed by atoms with E-state index in [-0.39, 0.29) is 18.6 Å².